The maximum Gasteiger partial charge on any atom is 0.316 e. The van der Waals surface area contributed by atoms with Gasteiger partial charge in [-0.15, -0.1) is 11.3 Å². The van der Waals surface area contributed by atoms with Gasteiger partial charge in [0.05, 0.1) is 24.1 Å². The van der Waals surface area contributed by atoms with Gasteiger partial charge in [0.2, 0.25) is 0 Å². The largest absolute Gasteiger partial charge is 0.468 e. The van der Waals surface area contributed by atoms with Gasteiger partial charge in [-0.2, -0.15) is 0 Å². The number of thiophene rings is 1. The summed E-state index contributed by atoms with van der Waals surface area (Å²) in [5.41, 5.74) is 0.273. The quantitative estimate of drug-likeness (QED) is 0.411. The number of hydrogen-bond donors (Lipinski definition) is 0. The fourth-order valence-electron chi connectivity index (χ4n) is 2.02. The zero-order valence-corrected chi connectivity index (χ0v) is 13.6. The Bertz CT molecular complexity index is 936. The van der Waals surface area contributed by atoms with E-state index in [2.05, 4.69) is 9.72 Å². The van der Waals surface area contributed by atoms with Gasteiger partial charge in [0.25, 0.3) is 5.56 Å². The Hall–Kier alpha value is -2.19. The molecular weight excluding hydrogens is 339 g/mol. The number of rotatable bonds is 4. The van der Waals surface area contributed by atoms with Crippen molar-refractivity contribution in [1.82, 2.24) is 9.55 Å². The molecule has 0 spiro atoms. The van der Waals surface area contributed by atoms with Crippen molar-refractivity contribution in [1.29, 1.82) is 0 Å². The highest BCUT2D eigenvalue weighted by molar-refractivity contribution is 7.99. The summed E-state index contributed by atoms with van der Waals surface area (Å²) >= 11 is 2.28. The number of aromatic nitrogens is 2. The van der Waals surface area contributed by atoms with Crippen LogP contribution in [0.5, 0.6) is 0 Å². The number of carbonyl (C=O) groups excluding carboxylic acids is 1. The molecule has 3 rings (SSSR count). The molecule has 0 radical (unpaired) electrons. The maximum atomic E-state index is 14.1. The fourth-order valence-corrected chi connectivity index (χ4v) is 3.61. The Labute approximate surface area is 138 Å². The van der Waals surface area contributed by atoms with Gasteiger partial charge in [-0.25, -0.2) is 9.37 Å². The van der Waals surface area contributed by atoms with Gasteiger partial charge in [0.1, 0.15) is 10.5 Å². The average Bonchev–Trinajstić information content (AvgIpc) is 3.02. The van der Waals surface area contributed by atoms with E-state index in [1.165, 1.54) is 35.1 Å². The Kier molecular flexibility index (Phi) is 4.44. The van der Waals surface area contributed by atoms with Gasteiger partial charge in [-0.3, -0.25) is 14.2 Å². The number of halogens is 1. The molecule has 3 aromatic rings. The molecule has 2 heterocycles. The molecular formula is C15H11FN2O3S2. The molecule has 0 saturated heterocycles. The molecule has 0 aliphatic rings. The third-order valence-corrected chi connectivity index (χ3v) is 4.89. The molecule has 0 unspecified atom stereocenters. The molecule has 0 aliphatic heterocycles. The number of nitrogens with zero attached hydrogens (tertiary/aromatic N) is 2. The van der Waals surface area contributed by atoms with Crippen LogP contribution in [0, 0.1) is 5.82 Å². The van der Waals surface area contributed by atoms with Gasteiger partial charge in [-0.1, -0.05) is 23.9 Å². The van der Waals surface area contributed by atoms with Crippen LogP contribution in [0.25, 0.3) is 15.9 Å². The predicted octanol–water partition coefficient (Wildman–Crippen LogP) is 2.85. The number of benzene rings is 1. The summed E-state index contributed by atoms with van der Waals surface area (Å²) in [4.78, 5) is 28.5. The second kappa shape index (κ2) is 6.51. The molecule has 0 fully saturated rings. The number of thioether (sulfide) groups is 1. The predicted molar refractivity (Wildman–Crippen MR) is 87.9 cm³/mol. The van der Waals surface area contributed by atoms with Gasteiger partial charge >= 0.3 is 5.97 Å². The lowest BCUT2D eigenvalue weighted by Crippen LogP contribution is -2.22. The molecule has 8 heteroatoms. The molecule has 0 saturated carbocycles. The summed E-state index contributed by atoms with van der Waals surface area (Å²) in [5, 5.41) is 2.00. The molecule has 0 atom stereocenters. The second-order valence-corrected chi connectivity index (χ2v) is 6.34. The third-order valence-electron chi connectivity index (χ3n) is 3.09. The van der Waals surface area contributed by atoms with Crippen molar-refractivity contribution in [2.24, 2.45) is 0 Å². The molecule has 118 valence electrons. The Morgan fingerprint density at radius 2 is 2.17 bits per heavy atom. The van der Waals surface area contributed by atoms with Crippen LogP contribution in [0.1, 0.15) is 0 Å². The first-order chi connectivity index (χ1) is 11.1. The minimum atomic E-state index is -0.535. The minimum absolute atomic E-state index is 0.0208. The number of ether oxygens (including phenoxy) is 1. The summed E-state index contributed by atoms with van der Waals surface area (Å²) in [7, 11) is 1.28. The topological polar surface area (TPSA) is 61.2 Å². The van der Waals surface area contributed by atoms with Crippen LogP contribution < -0.4 is 5.56 Å². The third kappa shape index (κ3) is 2.99. The highest BCUT2D eigenvalue weighted by Crippen LogP contribution is 2.24. The molecule has 0 amide bonds. The number of carbonyl (C=O) groups is 1. The van der Waals surface area contributed by atoms with Crippen molar-refractivity contribution in [3.05, 3.63) is 51.9 Å². The standard InChI is InChI=1S/C15H11FN2O3S2/c1-21-12(19)8-23-15-17-10-6-7-22-13(10)14(20)18(15)11-5-3-2-4-9(11)16/h2-7H,8H2,1H3. The zero-order chi connectivity index (χ0) is 16.4. The normalized spacial score (nSPS) is 10.9. The minimum Gasteiger partial charge on any atom is -0.468 e. The van der Waals surface area contributed by atoms with Crippen LogP contribution in [-0.4, -0.2) is 28.4 Å². The van der Waals surface area contributed by atoms with E-state index in [4.69, 9.17) is 0 Å². The number of para-hydroxylation sites is 1. The molecule has 0 N–H and O–H groups in total. The first-order valence-corrected chi connectivity index (χ1v) is 8.43. The molecule has 5 nitrogen and oxygen atoms in total. The number of hydrogen-bond acceptors (Lipinski definition) is 6. The smallest absolute Gasteiger partial charge is 0.316 e. The lowest BCUT2D eigenvalue weighted by Gasteiger charge is -2.12. The van der Waals surface area contributed by atoms with Gasteiger partial charge in [0.15, 0.2) is 5.16 Å². The van der Waals surface area contributed by atoms with E-state index in [1.807, 2.05) is 0 Å². The zero-order valence-electron chi connectivity index (χ0n) is 12.0. The van der Waals surface area contributed by atoms with Gasteiger partial charge in [-0.05, 0) is 23.6 Å². The van der Waals surface area contributed by atoms with Crippen LogP contribution >= 0.6 is 23.1 Å². The Balaban J connectivity index is 2.20. The van der Waals surface area contributed by atoms with Crippen LogP contribution in [0.4, 0.5) is 4.39 Å². The van der Waals surface area contributed by atoms with Crippen LogP contribution in [0.3, 0.4) is 0 Å². The fraction of sp³-hybridized carbons (Fsp3) is 0.133. The van der Waals surface area contributed by atoms with Crippen molar-refractivity contribution in [3.63, 3.8) is 0 Å². The highest BCUT2D eigenvalue weighted by atomic mass is 32.2. The molecule has 23 heavy (non-hydrogen) atoms. The SMILES string of the molecule is COC(=O)CSc1nc2ccsc2c(=O)n1-c1ccccc1F. The lowest BCUT2D eigenvalue weighted by molar-refractivity contribution is -0.137. The number of methoxy groups -OCH3 is 1. The van der Waals surface area contributed by atoms with Gasteiger partial charge < -0.3 is 4.74 Å². The highest BCUT2D eigenvalue weighted by Gasteiger charge is 2.17. The first kappa shape index (κ1) is 15.7. The summed E-state index contributed by atoms with van der Waals surface area (Å²) in [6, 6.07) is 7.67. The second-order valence-electron chi connectivity index (χ2n) is 4.49. The monoisotopic (exact) mass is 350 g/mol. The molecule has 2 aromatic heterocycles. The number of esters is 1. The first-order valence-electron chi connectivity index (χ1n) is 6.56. The summed E-state index contributed by atoms with van der Waals surface area (Å²) in [5.74, 6) is -1.01. The van der Waals surface area contributed by atoms with Gasteiger partial charge in [0, 0.05) is 0 Å². The summed E-state index contributed by atoms with van der Waals surface area (Å²) in [6.45, 7) is 0. The molecule has 0 aliphatic carbocycles. The lowest BCUT2D eigenvalue weighted by atomic mass is 10.3. The van der Waals surface area contributed by atoms with Crippen molar-refractivity contribution in [3.8, 4) is 5.69 Å². The summed E-state index contributed by atoms with van der Waals surface area (Å²) < 4.78 is 20.4. The molecule has 0 bridgehead atoms. The van der Waals surface area contributed by atoms with Crippen LogP contribution in [0.15, 0.2) is 45.7 Å². The van der Waals surface area contributed by atoms with E-state index in [0.717, 1.165) is 11.8 Å². The van der Waals surface area contributed by atoms with E-state index in [-0.39, 0.29) is 22.2 Å². The number of fused-ring (bicyclic) bond motifs is 1. The van der Waals surface area contributed by atoms with E-state index in [1.54, 1.807) is 23.6 Å². The van der Waals surface area contributed by atoms with Crippen molar-refractivity contribution < 1.29 is 13.9 Å². The van der Waals surface area contributed by atoms with Crippen LogP contribution in [-0.2, 0) is 9.53 Å². The Morgan fingerprint density at radius 1 is 1.39 bits per heavy atom. The van der Waals surface area contributed by atoms with Crippen molar-refractivity contribution >= 4 is 39.3 Å². The van der Waals surface area contributed by atoms with E-state index < -0.39 is 11.8 Å². The summed E-state index contributed by atoms with van der Waals surface area (Å²) in [6.07, 6.45) is 0. The Morgan fingerprint density at radius 3 is 2.91 bits per heavy atom. The maximum absolute atomic E-state index is 14.1. The van der Waals surface area contributed by atoms with Crippen molar-refractivity contribution in [2.45, 2.75) is 5.16 Å². The van der Waals surface area contributed by atoms with E-state index >= 15 is 0 Å². The average molecular weight is 350 g/mol. The van der Waals surface area contributed by atoms with E-state index in [0.29, 0.717) is 10.2 Å². The van der Waals surface area contributed by atoms with Crippen molar-refractivity contribution in [2.75, 3.05) is 12.9 Å². The van der Waals surface area contributed by atoms with Crippen LogP contribution in [0.2, 0.25) is 0 Å². The van der Waals surface area contributed by atoms with E-state index in [9.17, 15) is 14.0 Å². The molecule has 1 aromatic carbocycles.